The minimum Gasteiger partial charge on any atom is -0.465 e. The number of amides is 1. The molecule has 1 aliphatic carbocycles. The van der Waals surface area contributed by atoms with Crippen LogP contribution in [0.3, 0.4) is 0 Å². The van der Waals surface area contributed by atoms with E-state index in [1.165, 1.54) is 5.56 Å². The zero-order valence-corrected chi connectivity index (χ0v) is 14.6. The van der Waals surface area contributed by atoms with Crippen molar-refractivity contribution in [3.63, 3.8) is 0 Å². The fourth-order valence-electron chi connectivity index (χ4n) is 3.74. The van der Waals surface area contributed by atoms with Crippen LogP contribution in [0, 0.1) is 0 Å². The first kappa shape index (κ1) is 16.6. The van der Waals surface area contributed by atoms with Crippen LogP contribution in [0.5, 0.6) is 5.75 Å². The lowest BCUT2D eigenvalue weighted by Gasteiger charge is -2.29. The van der Waals surface area contributed by atoms with Gasteiger partial charge in [0.15, 0.2) is 5.78 Å². The Morgan fingerprint density at radius 2 is 1.96 bits per heavy atom. The lowest BCUT2D eigenvalue weighted by molar-refractivity contribution is -0.117. The number of hydrogen-bond donors (Lipinski definition) is 0. The van der Waals surface area contributed by atoms with Gasteiger partial charge in [0.2, 0.25) is 5.91 Å². The number of para-hydroxylation sites is 1. The molecule has 4 nitrogen and oxygen atoms in total. The van der Waals surface area contributed by atoms with E-state index in [4.69, 9.17) is 4.74 Å². The van der Waals surface area contributed by atoms with Crippen molar-refractivity contribution in [2.24, 2.45) is 0 Å². The van der Waals surface area contributed by atoms with Gasteiger partial charge in [-0.25, -0.2) is 0 Å². The molecule has 132 valence electrons. The van der Waals surface area contributed by atoms with Crippen LogP contribution in [0.4, 0.5) is 5.69 Å². The highest BCUT2D eigenvalue weighted by atomic mass is 16.5. The number of hydrogen-bond acceptors (Lipinski definition) is 3. The second-order valence-corrected chi connectivity index (χ2v) is 6.68. The van der Waals surface area contributed by atoms with Crippen LogP contribution in [0.2, 0.25) is 0 Å². The summed E-state index contributed by atoms with van der Waals surface area (Å²) >= 11 is 0. The summed E-state index contributed by atoms with van der Waals surface area (Å²) in [4.78, 5) is 26.2. The SMILES string of the molecule is O=C1CCc2c(O/C=C\CC(=O)N3CCCc4ccccc43)cccc21. The summed E-state index contributed by atoms with van der Waals surface area (Å²) in [6.45, 7) is 0.763. The smallest absolute Gasteiger partial charge is 0.230 e. The normalized spacial score (nSPS) is 15.8. The van der Waals surface area contributed by atoms with E-state index in [2.05, 4.69) is 6.07 Å². The Balaban J connectivity index is 1.40. The highest BCUT2D eigenvalue weighted by molar-refractivity contribution is 6.01. The molecule has 0 saturated carbocycles. The Kier molecular flexibility index (Phi) is 4.57. The van der Waals surface area contributed by atoms with Gasteiger partial charge >= 0.3 is 0 Å². The molecule has 0 spiro atoms. The van der Waals surface area contributed by atoms with Gasteiger partial charge in [-0.3, -0.25) is 9.59 Å². The van der Waals surface area contributed by atoms with Crippen molar-refractivity contribution >= 4 is 17.4 Å². The molecule has 0 unspecified atom stereocenters. The first-order chi connectivity index (χ1) is 12.7. The van der Waals surface area contributed by atoms with E-state index in [1.807, 2.05) is 41.3 Å². The van der Waals surface area contributed by atoms with E-state index in [1.54, 1.807) is 12.3 Å². The minimum absolute atomic E-state index is 0.0745. The fourth-order valence-corrected chi connectivity index (χ4v) is 3.74. The van der Waals surface area contributed by atoms with Crippen LogP contribution in [-0.2, 0) is 17.6 Å². The van der Waals surface area contributed by atoms with Gasteiger partial charge in [0.1, 0.15) is 5.75 Å². The Bertz CT molecular complexity index is 885. The lowest BCUT2D eigenvalue weighted by Crippen LogP contribution is -2.34. The van der Waals surface area contributed by atoms with Crippen molar-refractivity contribution in [2.75, 3.05) is 11.4 Å². The first-order valence-electron chi connectivity index (χ1n) is 9.09. The topological polar surface area (TPSA) is 46.6 Å². The summed E-state index contributed by atoms with van der Waals surface area (Å²) in [5, 5.41) is 0. The zero-order chi connectivity index (χ0) is 17.9. The van der Waals surface area contributed by atoms with E-state index < -0.39 is 0 Å². The Hall–Kier alpha value is -2.88. The number of carbonyl (C=O) groups is 2. The largest absolute Gasteiger partial charge is 0.465 e. The Labute approximate surface area is 153 Å². The third-order valence-electron chi connectivity index (χ3n) is 5.03. The molecule has 1 amide bonds. The second kappa shape index (κ2) is 7.16. The van der Waals surface area contributed by atoms with E-state index in [0.29, 0.717) is 18.6 Å². The van der Waals surface area contributed by atoms with Crippen molar-refractivity contribution in [3.05, 3.63) is 71.5 Å². The highest BCUT2D eigenvalue weighted by Crippen LogP contribution is 2.31. The van der Waals surface area contributed by atoms with Crippen molar-refractivity contribution in [1.82, 2.24) is 0 Å². The zero-order valence-electron chi connectivity index (χ0n) is 14.6. The number of ketones is 1. The number of benzene rings is 2. The number of nitrogens with zero attached hydrogens (tertiary/aromatic N) is 1. The quantitative estimate of drug-likeness (QED) is 0.783. The summed E-state index contributed by atoms with van der Waals surface area (Å²) in [5.41, 5.74) is 3.99. The third kappa shape index (κ3) is 3.15. The molecule has 2 aliphatic rings. The maximum atomic E-state index is 12.6. The molecule has 0 bridgehead atoms. The molecular weight excluding hydrogens is 326 g/mol. The van der Waals surface area contributed by atoms with Gasteiger partial charge in [-0.2, -0.15) is 0 Å². The maximum absolute atomic E-state index is 12.6. The van der Waals surface area contributed by atoms with Crippen LogP contribution in [0.15, 0.2) is 54.8 Å². The number of carbonyl (C=O) groups excluding carboxylic acids is 2. The molecule has 1 heterocycles. The van der Waals surface area contributed by atoms with Crippen molar-refractivity contribution in [2.45, 2.75) is 32.1 Å². The van der Waals surface area contributed by atoms with Crippen LogP contribution in [0.1, 0.15) is 40.7 Å². The minimum atomic E-state index is 0.0745. The number of aryl methyl sites for hydroxylation is 1. The number of rotatable bonds is 4. The van der Waals surface area contributed by atoms with Gasteiger partial charge in [-0.15, -0.1) is 0 Å². The summed E-state index contributed by atoms with van der Waals surface area (Å²) in [6.07, 6.45) is 6.89. The van der Waals surface area contributed by atoms with Crippen LogP contribution in [0.25, 0.3) is 0 Å². The van der Waals surface area contributed by atoms with Gasteiger partial charge in [-0.05, 0) is 43.0 Å². The van der Waals surface area contributed by atoms with Gasteiger partial charge in [-0.1, -0.05) is 30.3 Å². The van der Waals surface area contributed by atoms with E-state index in [-0.39, 0.29) is 11.7 Å². The molecule has 1 aliphatic heterocycles. The number of ether oxygens (including phenoxy) is 1. The summed E-state index contributed by atoms with van der Waals surface area (Å²) in [6, 6.07) is 13.6. The molecule has 4 heteroatoms. The average Bonchev–Trinajstić information content (AvgIpc) is 3.06. The molecule has 2 aromatic rings. The van der Waals surface area contributed by atoms with Crippen molar-refractivity contribution in [3.8, 4) is 5.75 Å². The van der Waals surface area contributed by atoms with Crippen LogP contribution >= 0.6 is 0 Å². The second-order valence-electron chi connectivity index (χ2n) is 6.68. The average molecular weight is 347 g/mol. The van der Waals surface area contributed by atoms with Gasteiger partial charge < -0.3 is 9.64 Å². The highest BCUT2D eigenvalue weighted by Gasteiger charge is 2.23. The predicted molar refractivity (Wildman–Crippen MR) is 101 cm³/mol. The molecule has 0 fully saturated rings. The van der Waals surface area contributed by atoms with Crippen LogP contribution < -0.4 is 9.64 Å². The molecule has 26 heavy (non-hydrogen) atoms. The number of anilines is 1. The molecular formula is C22H21NO3. The molecule has 0 atom stereocenters. The summed E-state index contributed by atoms with van der Waals surface area (Å²) < 4.78 is 5.70. The van der Waals surface area contributed by atoms with Gasteiger partial charge in [0.25, 0.3) is 0 Å². The van der Waals surface area contributed by atoms with E-state index in [9.17, 15) is 9.59 Å². The van der Waals surface area contributed by atoms with Gasteiger partial charge in [0, 0.05) is 36.2 Å². The first-order valence-corrected chi connectivity index (χ1v) is 9.09. The lowest BCUT2D eigenvalue weighted by atomic mass is 10.0. The summed E-state index contributed by atoms with van der Waals surface area (Å²) in [5.74, 6) is 0.958. The fraction of sp³-hybridized carbons (Fsp3) is 0.273. The standard InChI is InChI=1S/C22H21NO3/c24-20-13-12-18-17(20)8-3-10-21(18)26-15-5-11-22(25)23-14-4-7-16-6-1-2-9-19(16)23/h1-3,5-6,8-10,15H,4,7,11-14H2/b15-5-. The monoisotopic (exact) mass is 347 g/mol. The van der Waals surface area contributed by atoms with E-state index in [0.717, 1.165) is 42.6 Å². The Morgan fingerprint density at radius 1 is 1.08 bits per heavy atom. The summed E-state index contributed by atoms with van der Waals surface area (Å²) in [7, 11) is 0. The number of fused-ring (bicyclic) bond motifs is 2. The molecule has 2 aromatic carbocycles. The molecule has 4 rings (SSSR count). The molecule has 0 saturated heterocycles. The molecule has 0 aromatic heterocycles. The third-order valence-corrected chi connectivity index (χ3v) is 5.03. The van der Waals surface area contributed by atoms with E-state index >= 15 is 0 Å². The molecule has 0 radical (unpaired) electrons. The Morgan fingerprint density at radius 3 is 2.88 bits per heavy atom. The van der Waals surface area contributed by atoms with Crippen LogP contribution in [-0.4, -0.2) is 18.2 Å². The van der Waals surface area contributed by atoms with Crippen molar-refractivity contribution < 1.29 is 14.3 Å². The van der Waals surface area contributed by atoms with Crippen molar-refractivity contribution in [1.29, 1.82) is 0 Å². The predicted octanol–water partition coefficient (Wildman–Crippen LogP) is 4.08. The number of Topliss-reactive ketones (excluding diaryl/α,β-unsaturated/α-hetero) is 1. The molecule has 0 N–H and O–H groups in total. The van der Waals surface area contributed by atoms with Gasteiger partial charge in [0.05, 0.1) is 6.26 Å². The maximum Gasteiger partial charge on any atom is 0.230 e.